The minimum atomic E-state index is 0.615. The molecule has 21 heavy (non-hydrogen) atoms. The van der Waals surface area contributed by atoms with Crippen LogP contribution in [0.25, 0.3) is 0 Å². The fraction of sp³-hybridized carbons (Fsp3) is 0.667. The summed E-state index contributed by atoms with van der Waals surface area (Å²) in [5, 5.41) is 0. The van der Waals surface area contributed by atoms with E-state index in [0.717, 1.165) is 12.1 Å². The molecular formula is C18H26N2S. The summed E-state index contributed by atoms with van der Waals surface area (Å²) >= 11 is 2.16. The summed E-state index contributed by atoms with van der Waals surface area (Å²) in [6.45, 7) is 3.86. The number of piperazine rings is 1. The normalized spacial score (nSPS) is 34.8. The van der Waals surface area contributed by atoms with Gasteiger partial charge in [0.1, 0.15) is 0 Å². The quantitative estimate of drug-likeness (QED) is 0.827. The molecule has 3 heteroatoms. The number of benzene rings is 1. The fourth-order valence-corrected chi connectivity index (χ4v) is 5.57. The van der Waals surface area contributed by atoms with Gasteiger partial charge in [-0.05, 0) is 43.5 Å². The molecule has 0 N–H and O–H groups in total. The Bertz CT molecular complexity index is 458. The van der Waals surface area contributed by atoms with Crippen molar-refractivity contribution < 1.29 is 0 Å². The van der Waals surface area contributed by atoms with Crippen LogP contribution >= 0.6 is 11.8 Å². The van der Waals surface area contributed by atoms with Gasteiger partial charge in [-0.1, -0.05) is 30.3 Å². The Hall–Kier alpha value is -0.510. The molecule has 3 fully saturated rings. The third-order valence-corrected chi connectivity index (χ3v) is 6.72. The van der Waals surface area contributed by atoms with E-state index < -0.39 is 0 Å². The van der Waals surface area contributed by atoms with E-state index in [4.69, 9.17) is 0 Å². The molecule has 0 amide bonds. The lowest BCUT2D eigenvalue weighted by molar-refractivity contribution is 0.0221. The molecule has 0 aromatic heterocycles. The van der Waals surface area contributed by atoms with E-state index in [1.54, 1.807) is 0 Å². The van der Waals surface area contributed by atoms with E-state index in [0.29, 0.717) is 6.04 Å². The second-order valence-corrected chi connectivity index (χ2v) is 7.94. The predicted octanol–water partition coefficient (Wildman–Crippen LogP) is 3.40. The van der Waals surface area contributed by atoms with Crippen LogP contribution in [0.15, 0.2) is 30.3 Å². The number of thioether (sulfide) groups is 1. The molecule has 4 rings (SSSR count). The van der Waals surface area contributed by atoms with E-state index in [1.165, 1.54) is 62.4 Å². The van der Waals surface area contributed by atoms with Crippen molar-refractivity contribution in [2.45, 2.75) is 43.8 Å². The number of hydrogen-bond acceptors (Lipinski definition) is 3. The average Bonchev–Trinajstić information content (AvgIpc) is 3.03. The van der Waals surface area contributed by atoms with Gasteiger partial charge >= 0.3 is 0 Å². The molecule has 0 spiro atoms. The van der Waals surface area contributed by atoms with E-state index in [1.807, 2.05) is 0 Å². The van der Waals surface area contributed by atoms with Crippen LogP contribution in [-0.4, -0.2) is 53.0 Å². The van der Waals surface area contributed by atoms with Gasteiger partial charge in [0.25, 0.3) is 0 Å². The molecule has 3 aliphatic heterocycles. The maximum Gasteiger partial charge on any atom is 0.0479 e. The summed E-state index contributed by atoms with van der Waals surface area (Å²) in [5.41, 5.74) is 1.53. The highest BCUT2D eigenvalue weighted by molar-refractivity contribution is 7.99. The first-order valence-corrected chi connectivity index (χ1v) is 9.70. The molecule has 3 atom stereocenters. The Labute approximate surface area is 132 Å². The minimum absolute atomic E-state index is 0.615. The summed E-state index contributed by atoms with van der Waals surface area (Å²) in [5.74, 6) is 2.71. The smallest absolute Gasteiger partial charge is 0.0479 e. The van der Waals surface area contributed by atoms with Gasteiger partial charge < -0.3 is 0 Å². The second-order valence-electron chi connectivity index (χ2n) is 6.79. The topological polar surface area (TPSA) is 6.48 Å². The molecule has 114 valence electrons. The summed E-state index contributed by atoms with van der Waals surface area (Å²) in [7, 11) is 0. The second kappa shape index (κ2) is 6.31. The van der Waals surface area contributed by atoms with Gasteiger partial charge in [-0.15, -0.1) is 0 Å². The molecule has 0 bridgehead atoms. The van der Waals surface area contributed by atoms with E-state index in [-0.39, 0.29) is 0 Å². The first-order valence-electron chi connectivity index (χ1n) is 8.54. The zero-order valence-corrected chi connectivity index (χ0v) is 13.6. The third kappa shape index (κ3) is 2.88. The number of hydrogen-bond donors (Lipinski definition) is 0. The van der Waals surface area contributed by atoms with Crippen molar-refractivity contribution >= 4 is 11.8 Å². The molecule has 2 nitrogen and oxygen atoms in total. The Balaban J connectivity index is 1.59. The monoisotopic (exact) mass is 302 g/mol. The van der Waals surface area contributed by atoms with Crippen LogP contribution in [0, 0.1) is 0 Å². The van der Waals surface area contributed by atoms with Crippen molar-refractivity contribution in [1.29, 1.82) is 0 Å². The summed E-state index contributed by atoms with van der Waals surface area (Å²) in [6, 6.07) is 13.5. The molecule has 3 unspecified atom stereocenters. The van der Waals surface area contributed by atoms with Gasteiger partial charge in [0, 0.05) is 37.0 Å². The highest BCUT2D eigenvalue weighted by atomic mass is 32.2. The summed E-state index contributed by atoms with van der Waals surface area (Å²) in [4.78, 5) is 5.62. The van der Waals surface area contributed by atoms with Crippen molar-refractivity contribution in [3.63, 3.8) is 0 Å². The molecular weight excluding hydrogens is 276 g/mol. The van der Waals surface area contributed by atoms with E-state index in [2.05, 4.69) is 51.9 Å². The number of rotatable bonds is 2. The SMILES string of the molecule is c1ccc(C2CN3CCCC3CN2C2CCCSC2)cc1. The largest absolute Gasteiger partial charge is 0.297 e. The lowest BCUT2D eigenvalue weighted by atomic mass is 9.96. The minimum Gasteiger partial charge on any atom is -0.297 e. The highest BCUT2D eigenvalue weighted by Crippen LogP contribution is 2.36. The molecule has 1 aromatic carbocycles. The first kappa shape index (κ1) is 14.1. The molecule has 0 radical (unpaired) electrons. The molecule has 3 heterocycles. The van der Waals surface area contributed by atoms with Gasteiger partial charge in [0.05, 0.1) is 0 Å². The lowest BCUT2D eigenvalue weighted by Gasteiger charge is -2.48. The van der Waals surface area contributed by atoms with Crippen molar-refractivity contribution in [3.05, 3.63) is 35.9 Å². The molecule has 1 aromatic rings. The molecule has 0 saturated carbocycles. The number of fused-ring (bicyclic) bond motifs is 1. The van der Waals surface area contributed by atoms with Gasteiger partial charge in [0.15, 0.2) is 0 Å². The van der Waals surface area contributed by atoms with Crippen molar-refractivity contribution in [2.24, 2.45) is 0 Å². The van der Waals surface area contributed by atoms with E-state index in [9.17, 15) is 0 Å². The first-order chi connectivity index (χ1) is 10.4. The van der Waals surface area contributed by atoms with Crippen molar-refractivity contribution in [3.8, 4) is 0 Å². The highest BCUT2D eigenvalue weighted by Gasteiger charge is 2.39. The predicted molar refractivity (Wildman–Crippen MR) is 90.8 cm³/mol. The van der Waals surface area contributed by atoms with Gasteiger partial charge in [-0.25, -0.2) is 0 Å². The fourth-order valence-electron chi connectivity index (χ4n) is 4.40. The standard InChI is InChI=1S/C18H26N2S/c1-2-6-15(7-3-1)18-13-19-10-4-8-16(19)12-20(18)17-9-5-11-21-14-17/h1-3,6-7,16-18H,4-5,8-14H2. The zero-order chi connectivity index (χ0) is 14.1. The lowest BCUT2D eigenvalue weighted by Crippen LogP contribution is -2.56. The summed E-state index contributed by atoms with van der Waals surface area (Å²) < 4.78 is 0. The van der Waals surface area contributed by atoms with E-state index >= 15 is 0 Å². The van der Waals surface area contributed by atoms with Crippen LogP contribution in [0.3, 0.4) is 0 Å². The van der Waals surface area contributed by atoms with Crippen LogP contribution in [0.1, 0.15) is 37.3 Å². The Kier molecular flexibility index (Phi) is 4.24. The molecule has 3 aliphatic rings. The molecule has 0 aliphatic carbocycles. The molecule has 3 saturated heterocycles. The van der Waals surface area contributed by atoms with Gasteiger partial charge in [0.2, 0.25) is 0 Å². The van der Waals surface area contributed by atoms with Crippen LogP contribution in [-0.2, 0) is 0 Å². The Morgan fingerprint density at radius 3 is 2.62 bits per heavy atom. The van der Waals surface area contributed by atoms with Crippen LogP contribution in [0.5, 0.6) is 0 Å². The third-order valence-electron chi connectivity index (χ3n) is 5.52. The van der Waals surface area contributed by atoms with Gasteiger partial charge in [-0.2, -0.15) is 11.8 Å². The zero-order valence-electron chi connectivity index (χ0n) is 12.8. The van der Waals surface area contributed by atoms with Crippen LogP contribution in [0.2, 0.25) is 0 Å². The summed E-state index contributed by atoms with van der Waals surface area (Å²) in [6.07, 6.45) is 5.63. The number of nitrogens with zero attached hydrogens (tertiary/aromatic N) is 2. The Morgan fingerprint density at radius 2 is 1.81 bits per heavy atom. The van der Waals surface area contributed by atoms with Crippen molar-refractivity contribution in [2.75, 3.05) is 31.1 Å². The maximum absolute atomic E-state index is 2.87. The Morgan fingerprint density at radius 1 is 0.952 bits per heavy atom. The van der Waals surface area contributed by atoms with Gasteiger partial charge in [-0.3, -0.25) is 9.80 Å². The van der Waals surface area contributed by atoms with Crippen molar-refractivity contribution in [1.82, 2.24) is 9.80 Å². The maximum atomic E-state index is 2.87. The average molecular weight is 302 g/mol. The van der Waals surface area contributed by atoms with Crippen LogP contribution in [0.4, 0.5) is 0 Å². The van der Waals surface area contributed by atoms with Crippen LogP contribution < -0.4 is 0 Å².